The number of hydrogen-bond acceptors (Lipinski definition) is 7. The quantitative estimate of drug-likeness (QED) is 0.770. The minimum Gasteiger partial charge on any atom is -0.479 e. The zero-order valence-corrected chi connectivity index (χ0v) is 17.8. The molecule has 0 bridgehead atoms. The number of ether oxygens (including phenoxy) is 1. The molecule has 1 aliphatic heterocycles. The number of anilines is 1. The molecule has 1 amide bonds. The third kappa shape index (κ3) is 3.75. The summed E-state index contributed by atoms with van der Waals surface area (Å²) >= 11 is 0. The number of carbonyl (C=O) groups excluding carboxylic acids is 1. The summed E-state index contributed by atoms with van der Waals surface area (Å²) < 4.78 is 48.4. The first-order valence-electron chi connectivity index (χ1n) is 9.37. The Morgan fingerprint density at radius 3 is 2.45 bits per heavy atom. The number of carbonyl (C=O) groups is 1. The number of guanidine groups is 1. The lowest BCUT2D eigenvalue weighted by Crippen LogP contribution is -2.57. The normalized spacial score (nSPS) is 21.2. The maximum Gasteiger partial charge on any atom is 0.255 e. The van der Waals surface area contributed by atoms with E-state index >= 15 is 0 Å². The summed E-state index contributed by atoms with van der Waals surface area (Å²) in [5.74, 6) is -4.29. The maximum absolute atomic E-state index is 14.7. The van der Waals surface area contributed by atoms with E-state index in [0.29, 0.717) is 0 Å². The molecular weight excluding hydrogens is 413 g/mol. The Morgan fingerprint density at radius 1 is 1.26 bits per heavy atom. The van der Waals surface area contributed by atoms with Crippen molar-refractivity contribution in [3.05, 3.63) is 46.9 Å². The van der Waals surface area contributed by atoms with Crippen LogP contribution in [-0.2, 0) is 10.3 Å². The van der Waals surface area contributed by atoms with Crippen molar-refractivity contribution in [3.8, 4) is 5.88 Å². The van der Waals surface area contributed by atoms with Crippen LogP contribution in [0.1, 0.15) is 18.2 Å². The number of benzene rings is 1. The molecule has 31 heavy (non-hydrogen) atoms. The summed E-state index contributed by atoms with van der Waals surface area (Å²) in [6.45, 7) is 2.81. The molecule has 2 atom stereocenters. The van der Waals surface area contributed by atoms with Crippen molar-refractivity contribution < 1.29 is 22.7 Å². The Bertz CT molecular complexity index is 1040. The van der Waals surface area contributed by atoms with Crippen LogP contribution in [0, 0.1) is 30.3 Å². The molecule has 0 saturated carbocycles. The van der Waals surface area contributed by atoms with Crippen LogP contribution < -0.4 is 15.4 Å². The second-order valence-electron chi connectivity index (χ2n) is 7.48. The monoisotopic (exact) mass is 436 g/mol. The van der Waals surface area contributed by atoms with Gasteiger partial charge in [-0.1, -0.05) is 6.07 Å². The Labute approximate surface area is 177 Å². The number of aliphatic imine (C=N–C) groups is 1. The van der Waals surface area contributed by atoms with Gasteiger partial charge < -0.3 is 15.4 Å². The van der Waals surface area contributed by atoms with Crippen LogP contribution in [0.4, 0.5) is 19.1 Å². The van der Waals surface area contributed by atoms with Crippen molar-refractivity contribution in [2.45, 2.75) is 19.4 Å². The van der Waals surface area contributed by atoms with Gasteiger partial charge in [0.2, 0.25) is 17.7 Å². The molecule has 0 radical (unpaired) electrons. The van der Waals surface area contributed by atoms with Crippen molar-refractivity contribution in [1.29, 1.82) is 0 Å². The van der Waals surface area contributed by atoms with Gasteiger partial charge in [0.15, 0.2) is 5.96 Å². The fraction of sp³-hybridized carbons (Fsp3) is 0.400. The highest BCUT2D eigenvalue weighted by molar-refractivity contribution is 6.00. The highest BCUT2D eigenvalue weighted by atomic mass is 19.1. The van der Waals surface area contributed by atoms with Crippen LogP contribution in [0.5, 0.6) is 5.88 Å². The lowest BCUT2D eigenvalue weighted by Gasteiger charge is -2.42. The number of aromatic nitrogens is 2. The molecule has 166 valence electrons. The molecule has 1 aromatic carbocycles. The number of halogens is 3. The van der Waals surface area contributed by atoms with E-state index in [2.05, 4.69) is 15.0 Å². The molecule has 0 fully saturated rings. The van der Waals surface area contributed by atoms with Gasteiger partial charge in [-0.25, -0.2) is 18.8 Å². The van der Waals surface area contributed by atoms with Gasteiger partial charge in [0.05, 0.1) is 24.3 Å². The average molecular weight is 436 g/mol. The number of nitrogens with zero attached hydrogens (tertiary/aromatic N) is 5. The van der Waals surface area contributed by atoms with Crippen molar-refractivity contribution >= 4 is 17.8 Å². The number of nitrogens with two attached hydrogens (primary N) is 1. The van der Waals surface area contributed by atoms with Crippen molar-refractivity contribution in [2.24, 2.45) is 16.6 Å². The Morgan fingerprint density at radius 2 is 1.87 bits per heavy atom. The lowest BCUT2D eigenvalue weighted by molar-refractivity contribution is -0.133. The minimum absolute atomic E-state index is 0.0472. The maximum atomic E-state index is 14.7. The van der Waals surface area contributed by atoms with Crippen LogP contribution >= 0.6 is 0 Å². The van der Waals surface area contributed by atoms with Gasteiger partial charge in [0.25, 0.3) is 5.88 Å². The SMILES string of the molecule is COc1nc(N(C)C[C@H]2C(=O)N(C)C(N)=N[C@]2(C)c2c(F)cccc2F)nc(C)c1F. The number of aryl methyl sites for hydroxylation is 1. The predicted octanol–water partition coefficient (Wildman–Crippen LogP) is 1.97. The first kappa shape index (κ1) is 22.3. The first-order valence-corrected chi connectivity index (χ1v) is 9.37. The molecule has 0 saturated heterocycles. The van der Waals surface area contributed by atoms with E-state index in [1.165, 1.54) is 39.0 Å². The minimum atomic E-state index is -1.64. The van der Waals surface area contributed by atoms with Gasteiger partial charge in [-0.05, 0) is 26.0 Å². The van der Waals surface area contributed by atoms with Crippen LogP contribution in [-0.4, -0.2) is 54.5 Å². The molecule has 11 heteroatoms. The Kier molecular flexibility index (Phi) is 5.79. The molecule has 1 aliphatic rings. The molecule has 2 N–H and O–H groups in total. The first-order chi connectivity index (χ1) is 14.5. The third-order valence-electron chi connectivity index (χ3n) is 5.43. The predicted molar refractivity (Wildman–Crippen MR) is 108 cm³/mol. The van der Waals surface area contributed by atoms with Crippen LogP contribution in [0.3, 0.4) is 0 Å². The summed E-state index contributed by atoms with van der Waals surface area (Å²) in [5.41, 5.74) is 3.91. The Hall–Kier alpha value is -3.37. The van der Waals surface area contributed by atoms with Crippen LogP contribution in [0.2, 0.25) is 0 Å². The summed E-state index contributed by atoms with van der Waals surface area (Å²) in [6.07, 6.45) is 0. The molecule has 1 aromatic heterocycles. The van der Waals surface area contributed by atoms with Crippen molar-refractivity contribution in [3.63, 3.8) is 0 Å². The van der Waals surface area contributed by atoms with E-state index in [9.17, 15) is 18.0 Å². The number of amides is 1. The second-order valence-corrected chi connectivity index (χ2v) is 7.48. The lowest BCUT2D eigenvalue weighted by atomic mass is 9.77. The van der Waals surface area contributed by atoms with Gasteiger partial charge in [0.1, 0.15) is 17.2 Å². The highest BCUT2D eigenvalue weighted by Gasteiger charge is 2.49. The molecule has 2 aromatic rings. The smallest absolute Gasteiger partial charge is 0.255 e. The van der Waals surface area contributed by atoms with Gasteiger partial charge in [-0.2, -0.15) is 9.37 Å². The molecule has 0 spiro atoms. The fourth-order valence-electron chi connectivity index (χ4n) is 3.63. The van der Waals surface area contributed by atoms with E-state index in [0.717, 1.165) is 17.0 Å². The van der Waals surface area contributed by atoms with Crippen LogP contribution in [0.15, 0.2) is 23.2 Å². The van der Waals surface area contributed by atoms with Gasteiger partial charge in [-0.15, -0.1) is 0 Å². The highest BCUT2D eigenvalue weighted by Crippen LogP contribution is 2.41. The summed E-state index contributed by atoms with van der Waals surface area (Å²) in [4.78, 5) is 28.1. The summed E-state index contributed by atoms with van der Waals surface area (Å²) in [6, 6.07) is 3.41. The molecule has 2 heterocycles. The standard InChI is InChI=1S/C20H23F3N6O2/c1-10-15(23)16(31-5)26-19(25-10)28(3)9-11-17(30)29(4)18(24)27-20(11,2)14-12(21)7-6-8-13(14)22/h6-8,11H,9H2,1-5H3,(H2,24,27)/t11-,20-/m0/s1. The van der Waals surface area contributed by atoms with Crippen molar-refractivity contribution in [1.82, 2.24) is 14.9 Å². The zero-order valence-electron chi connectivity index (χ0n) is 17.8. The topological polar surface area (TPSA) is 96.9 Å². The van der Waals surface area contributed by atoms with E-state index in [-0.39, 0.29) is 35.6 Å². The molecule has 3 rings (SSSR count). The Balaban J connectivity index is 2.09. The largest absolute Gasteiger partial charge is 0.479 e. The number of rotatable bonds is 5. The van der Waals surface area contributed by atoms with Crippen molar-refractivity contribution in [2.75, 3.05) is 32.6 Å². The summed E-state index contributed by atoms with van der Waals surface area (Å²) in [7, 11) is 4.26. The second kappa shape index (κ2) is 8.05. The van der Waals surface area contributed by atoms with Crippen LogP contribution in [0.25, 0.3) is 0 Å². The molecule has 0 unspecified atom stereocenters. The zero-order chi connectivity index (χ0) is 23.1. The fourth-order valence-corrected chi connectivity index (χ4v) is 3.63. The van der Waals surface area contributed by atoms with Gasteiger partial charge >= 0.3 is 0 Å². The number of hydrogen-bond donors (Lipinski definition) is 1. The third-order valence-corrected chi connectivity index (χ3v) is 5.43. The molecule has 0 aliphatic carbocycles. The molecule has 8 nitrogen and oxygen atoms in total. The van der Waals surface area contributed by atoms with E-state index < -0.39 is 34.8 Å². The van der Waals surface area contributed by atoms with Gasteiger partial charge in [0, 0.05) is 20.6 Å². The van der Waals surface area contributed by atoms with E-state index in [1.54, 1.807) is 7.05 Å². The summed E-state index contributed by atoms with van der Waals surface area (Å²) in [5, 5.41) is 0. The van der Waals surface area contributed by atoms with E-state index in [1.807, 2.05) is 0 Å². The average Bonchev–Trinajstić information content (AvgIpc) is 2.71. The van der Waals surface area contributed by atoms with E-state index in [4.69, 9.17) is 10.5 Å². The number of methoxy groups -OCH3 is 1. The van der Waals surface area contributed by atoms with Gasteiger partial charge in [-0.3, -0.25) is 9.69 Å². The molecular formula is C20H23F3N6O2.